The Hall–Kier alpha value is -3.03. The fraction of sp³-hybridized carbons (Fsp3) is 0.391. The van der Waals surface area contributed by atoms with Crippen LogP contribution in [0.15, 0.2) is 53.7 Å². The first-order valence-corrected chi connectivity index (χ1v) is 9.99. The third-order valence-electron chi connectivity index (χ3n) is 5.01. The Morgan fingerprint density at radius 2 is 1.94 bits per heavy atom. The van der Waals surface area contributed by atoms with E-state index in [1.54, 1.807) is 27.0 Å². The molecule has 0 unspecified atom stereocenters. The van der Waals surface area contributed by atoms with Gasteiger partial charge in [0.05, 0.1) is 24.9 Å². The van der Waals surface area contributed by atoms with Crippen molar-refractivity contribution < 1.29 is 27.5 Å². The monoisotopic (exact) mass is 434 g/mol. The van der Waals surface area contributed by atoms with Crippen LogP contribution in [-0.4, -0.2) is 36.3 Å². The number of oxime groups is 1. The average Bonchev–Trinajstić information content (AvgIpc) is 3.21. The molecule has 2 aromatic rings. The van der Waals surface area contributed by atoms with Crippen LogP contribution in [0, 0.1) is 5.92 Å². The quantitative estimate of drug-likeness (QED) is 0.623. The Bertz CT molecular complexity index is 940. The van der Waals surface area contributed by atoms with Crippen LogP contribution in [0.4, 0.5) is 13.2 Å². The van der Waals surface area contributed by atoms with E-state index in [-0.39, 0.29) is 31.0 Å². The number of hydrogen-bond donors (Lipinski definition) is 0. The average molecular weight is 434 g/mol. The van der Waals surface area contributed by atoms with E-state index in [2.05, 4.69) is 5.16 Å². The molecule has 5 nitrogen and oxygen atoms in total. The van der Waals surface area contributed by atoms with E-state index in [0.717, 1.165) is 29.2 Å². The van der Waals surface area contributed by atoms with Gasteiger partial charge in [-0.1, -0.05) is 31.1 Å². The Labute approximate surface area is 179 Å². The van der Waals surface area contributed by atoms with Crippen molar-refractivity contribution in [3.05, 3.63) is 65.2 Å². The summed E-state index contributed by atoms with van der Waals surface area (Å²) < 4.78 is 44.3. The molecule has 31 heavy (non-hydrogen) atoms. The maximum Gasteiger partial charge on any atom is 0.416 e. The summed E-state index contributed by atoms with van der Waals surface area (Å²) in [5, 5.41) is 4.14. The van der Waals surface area contributed by atoms with Gasteiger partial charge in [-0.25, -0.2) is 0 Å². The summed E-state index contributed by atoms with van der Waals surface area (Å²) in [6.45, 7) is 3.82. The van der Waals surface area contributed by atoms with Crippen LogP contribution in [0.2, 0.25) is 0 Å². The summed E-state index contributed by atoms with van der Waals surface area (Å²) in [5.74, 6) is 0.280. The molecule has 0 fully saturated rings. The number of nitrogens with zero attached hydrogens (tertiary/aromatic N) is 2. The number of carbonyl (C=O) groups is 1. The van der Waals surface area contributed by atoms with Crippen LogP contribution in [0.25, 0.3) is 0 Å². The zero-order chi connectivity index (χ0) is 22.6. The van der Waals surface area contributed by atoms with E-state index in [4.69, 9.17) is 9.57 Å². The molecule has 3 rings (SSSR count). The topological polar surface area (TPSA) is 51.1 Å². The van der Waals surface area contributed by atoms with Crippen molar-refractivity contribution >= 4 is 11.6 Å². The largest absolute Gasteiger partial charge is 0.497 e. The standard InChI is InChI=1S/C23H25F3N2O3/c1-15(2)22(29)28(13-16-5-4-6-18(11-16)23(24,25)26)14-20-12-21(27-31-20)17-7-9-19(30-3)10-8-17/h4-11,15,20H,12-14H2,1-3H3/t20-/m1/s1. The Balaban J connectivity index is 1.70. The maximum atomic E-state index is 13.0. The van der Waals surface area contributed by atoms with Crippen LogP contribution in [0.5, 0.6) is 5.75 Å². The van der Waals surface area contributed by atoms with E-state index >= 15 is 0 Å². The Morgan fingerprint density at radius 1 is 1.23 bits per heavy atom. The van der Waals surface area contributed by atoms with Gasteiger partial charge in [0.1, 0.15) is 5.75 Å². The zero-order valence-corrected chi connectivity index (χ0v) is 17.6. The van der Waals surface area contributed by atoms with Crippen LogP contribution in [0.3, 0.4) is 0 Å². The van der Waals surface area contributed by atoms with Gasteiger partial charge in [0.15, 0.2) is 6.10 Å². The van der Waals surface area contributed by atoms with Crippen LogP contribution in [-0.2, 0) is 22.4 Å². The van der Waals surface area contributed by atoms with Crippen molar-refractivity contribution in [2.75, 3.05) is 13.7 Å². The molecule has 0 saturated heterocycles. The second-order valence-electron chi connectivity index (χ2n) is 7.77. The van der Waals surface area contributed by atoms with Gasteiger partial charge in [0.2, 0.25) is 5.91 Å². The molecule has 1 aliphatic heterocycles. The summed E-state index contributed by atoms with van der Waals surface area (Å²) in [5.41, 5.74) is 1.33. The molecule has 166 valence electrons. The number of ether oxygens (including phenoxy) is 1. The lowest BCUT2D eigenvalue weighted by molar-refractivity contribution is -0.137. The number of amides is 1. The highest BCUT2D eigenvalue weighted by Crippen LogP contribution is 2.30. The molecule has 1 amide bonds. The highest BCUT2D eigenvalue weighted by molar-refractivity contribution is 6.01. The second-order valence-corrected chi connectivity index (χ2v) is 7.77. The van der Waals surface area contributed by atoms with Gasteiger partial charge in [-0.2, -0.15) is 13.2 Å². The first-order valence-electron chi connectivity index (χ1n) is 9.99. The summed E-state index contributed by atoms with van der Waals surface area (Å²) in [4.78, 5) is 19.8. The Morgan fingerprint density at radius 3 is 2.55 bits per heavy atom. The molecule has 0 saturated carbocycles. The molecule has 0 aliphatic carbocycles. The number of hydrogen-bond acceptors (Lipinski definition) is 4. The molecule has 1 aliphatic rings. The predicted molar refractivity (Wildman–Crippen MR) is 111 cm³/mol. The van der Waals surface area contributed by atoms with E-state index < -0.39 is 11.7 Å². The van der Waals surface area contributed by atoms with Gasteiger partial charge in [0.25, 0.3) is 0 Å². The summed E-state index contributed by atoms with van der Waals surface area (Å²) >= 11 is 0. The highest BCUT2D eigenvalue weighted by Gasteiger charge is 2.31. The minimum atomic E-state index is -4.43. The number of carbonyl (C=O) groups excluding carboxylic acids is 1. The molecule has 2 aromatic carbocycles. The SMILES string of the molecule is COc1ccc(C2=NO[C@@H](CN(Cc3cccc(C(F)(F)F)c3)C(=O)C(C)C)C2)cc1. The molecular formula is C23H25F3N2O3. The highest BCUT2D eigenvalue weighted by atomic mass is 19.4. The van der Waals surface area contributed by atoms with Gasteiger partial charge in [0, 0.05) is 18.9 Å². The van der Waals surface area contributed by atoms with Crippen molar-refractivity contribution in [2.45, 2.75) is 39.1 Å². The van der Waals surface area contributed by atoms with E-state index in [0.29, 0.717) is 12.0 Å². The number of rotatable bonds is 7. The molecule has 1 heterocycles. The lowest BCUT2D eigenvalue weighted by Gasteiger charge is -2.27. The normalized spacial score (nSPS) is 16.1. The van der Waals surface area contributed by atoms with E-state index in [1.165, 1.54) is 11.0 Å². The molecule has 0 bridgehead atoms. The summed E-state index contributed by atoms with van der Waals surface area (Å²) in [6, 6.07) is 12.5. The number of methoxy groups -OCH3 is 1. The minimum absolute atomic E-state index is 0.0681. The van der Waals surface area contributed by atoms with Crippen LogP contribution in [0.1, 0.15) is 37.0 Å². The first kappa shape index (κ1) is 22.7. The molecule has 0 radical (unpaired) electrons. The summed E-state index contributed by atoms with van der Waals surface area (Å²) in [6.07, 6.45) is -4.30. The van der Waals surface area contributed by atoms with Gasteiger partial charge in [-0.05, 0) is 47.5 Å². The van der Waals surface area contributed by atoms with Crippen LogP contribution >= 0.6 is 0 Å². The lowest BCUT2D eigenvalue weighted by atomic mass is 10.0. The van der Waals surface area contributed by atoms with Crippen molar-refractivity contribution in [3.8, 4) is 5.75 Å². The van der Waals surface area contributed by atoms with Crippen molar-refractivity contribution in [1.82, 2.24) is 4.90 Å². The number of halogens is 3. The summed E-state index contributed by atoms with van der Waals surface area (Å²) in [7, 11) is 1.59. The maximum absolute atomic E-state index is 13.0. The van der Waals surface area contributed by atoms with Crippen molar-refractivity contribution in [3.63, 3.8) is 0 Å². The van der Waals surface area contributed by atoms with Gasteiger partial charge < -0.3 is 14.5 Å². The third-order valence-corrected chi connectivity index (χ3v) is 5.01. The molecule has 0 aromatic heterocycles. The molecular weight excluding hydrogens is 409 g/mol. The smallest absolute Gasteiger partial charge is 0.416 e. The van der Waals surface area contributed by atoms with E-state index in [9.17, 15) is 18.0 Å². The number of benzene rings is 2. The lowest BCUT2D eigenvalue weighted by Crippen LogP contribution is -2.39. The van der Waals surface area contributed by atoms with Gasteiger partial charge in [-0.3, -0.25) is 4.79 Å². The predicted octanol–water partition coefficient (Wildman–Crippen LogP) is 4.89. The van der Waals surface area contributed by atoms with Gasteiger partial charge in [-0.15, -0.1) is 0 Å². The van der Waals surface area contributed by atoms with Gasteiger partial charge >= 0.3 is 6.18 Å². The minimum Gasteiger partial charge on any atom is -0.497 e. The molecule has 1 atom stereocenters. The Kier molecular flexibility index (Phi) is 6.87. The van der Waals surface area contributed by atoms with Crippen molar-refractivity contribution in [1.29, 1.82) is 0 Å². The number of alkyl halides is 3. The molecule has 0 N–H and O–H groups in total. The fourth-order valence-electron chi connectivity index (χ4n) is 3.39. The third kappa shape index (κ3) is 5.77. The second kappa shape index (κ2) is 9.41. The molecule has 8 heteroatoms. The molecule has 0 spiro atoms. The van der Waals surface area contributed by atoms with E-state index in [1.807, 2.05) is 24.3 Å². The van der Waals surface area contributed by atoms with Crippen LogP contribution < -0.4 is 4.74 Å². The zero-order valence-electron chi connectivity index (χ0n) is 17.6. The first-order chi connectivity index (χ1) is 14.7. The fourth-order valence-corrected chi connectivity index (χ4v) is 3.39. The van der Waals surface area contributed by atoms with Crippen molar-refractivity contribution in [2.24, 2.45) is 11.1 Å².